The maximum atomic E-state index is 5.39. The molecule has 0 aliphatic carbocycles. The van der Waals surface area contributed by atoms with Crippen molar-refractivity contribution >= 4 is 8.56 Å². The van der Waals surface area contributed by atoms with E-state index in [0.717, 1.165) is 13.2 Å². The third-order valence-electron chi connectivity index (χ3n) is 0.984. The van der Waals surface area contributed by atoms with E-state index in [-0.39, 0.29) is 21.1 Å². The molecular weight excluding hydrogens is 327 g/mol. The van der Waals surface area contributed by atoms with Gasteiger partial charge in [0.05, 0.1) is 0 Å². The molecule has 0 heterocycles. The van der Waals surface area contributed by atoms with Crippen molar-refractivity contribution in [3.05, 3.63) is 0 Å². The van der Waals surface area contributed by atoms with E-state index in [0.29, 0.717) is 0 Å². The topological polar surface area (TPSA) is 18.5 Å². The van der Waals surface area contributed by atoms with E-state index >= 15 is 0 Å². The predicted octanol–water partition coefficient (Wildman–Crippen LogP) is 1.76. The Balaban J connectivity index is 0. The van der Waals surface area contributed by atoms with Crippen molar-refractivity contribution in [3.8, 4) is 0 Å². The quantitative estimate of drug-likeness (QED) is 0.725. The van der Waals surface area contributed by atoms with Crippen molar-refractivity contribution in [2.45, 2.75) is 26.9 Å². The van der Waals surface area contributed by atoms with E-state index in [2.05, 4.69) is 13.1 Å². The van der Waals surface area contributed by atoms with Gasteiger partial charge in [-0.3, -0.25) is 0 Å². The molecule has 0 bridgehead atoms. The fourth-order valence-electron chi connectivity index (χ4n) is 0.737. The molecule has 0 atom stereocenters. The van der Waals surface area contributed by atoms with Gasteiger partial charge in [0.15, 0.2) is 0 Å². The molecule has 0 radical (unpaired) electrons. The molecule has 66 valence electrons. The number of rotatable bonds is 4. The molecule has 0 amide bonds. The standard InChI is InChI=1S/C6H16O2Si.Pt/c1-5-7-9(3,4)8-6-2;/h5-6H2,1-4H3;. The summed E-state index contributed by atoms with van der Waals surface area (Å²) in [6.07, 6.45) is 0. The summed E-state index contributed by atoms with van der Waals surface area (Å²) in [7, 11) is -1.70. The molecule has 2 nitrogen and oxygen atoms in total. The van der Waals surface area contributed by atoms with E-state index in [1.165, 1.54) is 0 Å². The van der Waals surface area contributed by atoms with Gasteiger partial charge in [0.25, 0.3) is 0 Å². The normalized spacial score (nSPS) is 10.8. The van der Waals surface area contributed by atoms with Gasteiger partial charge >= 0.3 is 8.56 Å². The second-order valence-electron chi connectivity index (χ2n) is 2.27. The second-order valence-corrected chi connectivity index (χ2v) is 5.64. The summed E-state index contributed by atoms with van der Waals surface area (Å²) in [4.78, 5) is 0. The van der Waals surface area contributed by atoms with Crippen LogP contribution in [0.2, 0.25) is 13.1 Å². The zero-order valence-electron chi connectivity index (χ0n) is 7.05. The summed E-state index contributed by atoms with van der Waals surface area (Å²) >= 11 is 0. The molecule has 0 aromatic carbocycles. The molecule has 4 heteroatoms. The molecule has 0 saturated carbocycles. The third kappa shape index (κ3) is 6.94. The van der Waals surface area contributed by atoms with Crippen LogP contribution < -0.4 is 0 Å². The monoisotopic (exact) mass is 343 g/mol. The average molecular weight is 343 g/mol. The third-order valence-corrected chi connectivity index (χ3v) is 2.95. The van der Waals surface area contributed by atoms with Crippen LogP contribution in [0.25, 0.3) is 0 Å². The van der Waals surface area contributed by atoms with Gasteiger partial charge in [-0.05, 0) is 26.9 Å². The Morgan fingerprint density at radius 1 is 1.00 bits per heavy atom. The molecule has 0 unspecified atom stereocenters. The van der Waals surface area contributed by atoms with E-state index in [1.54, 1.807) is 0 Å². The molecule has 0 aromatic heterocycles. The van der Waals surface area contributed by atoms with Crippen LogP contribution in [0.4, 0.5) is 0 Å². The molecule has 0 N–H and O–H groups in total. The zero-order chi connectivity index (χ0) is 7.33. The molecule has 0 aliphatic rings. The summed E-state index contributed by atoms with van der Waals surface area (Å²) in [6, 6.07) is 0. The summed E-state index contributed by atoms with van der Waals surface area (Å²) in [5, 5.41) is 0. The summed E-state index contributed by atoms with van der Waals surface area (Å²) in [5.41, 5.74) is 0. The first-order valence-electron chi connectivity index (χ1n) is 3.40. The minimum atomic E-state index is -1.70. The molecule has 0 aliphatic heterocycles. The first kappa shape index (κ1) is 13.4. The Morgan fingerprint density at radius 2 is 1.30 bits per heavy atom. The molecule has 0 aromatic rings. The first-order valence-corrected chi connectivity index (χ1v) is 6.22. The van der Waals surface area contributed by atoms with Gasteiger partial charge in [-0.15, -0.1) is 0 Å². The molecular formula is C6H16O2PtSi. The van der Waals surface area contributed by atoms with Gasteiger partial charge in [-0.25, -0.2) is 0 Å². The zero-order valence-corrected chi connectivity index (χ0v) is 10.3. The fraction of sp³-hybridized carbons (Fsp3) is 1.00. The van der Waals surface area contributed by atoms with E-state index in [9.17, 15) is 0 Å². The van der Waals surface area contributed by atoms with Crippen molar-refractivity contribution in [1.82, 2.24) is 0 Å². The van der Waals surface area contributed by atoms with Crippen LogP contribution in [0.1, 0.15) is 13.8 Å². The van der Waals surface area contributed by atoms with Crippen LogP contribution in [0.5, 0.6) is 0 Å². The van der Waals surface area contributed by atoms with E-state index < -0.39 is 8.56 Å². The van der Waals surface area contributed by atoms with Crippen LogP contribution in [-0.4, -0.2) is 21.8 Å². The minimum absolute atomic E-state index is 0. The smallest absolute Gasteiger partial charge is 0.331 e. The SMILES string of the molecule is CCO[Si](C)(C)OCC.[Pt]. The van der Waals surface area contributed by atoms with Crippen molar-refractivity contribution < 1.29 is 29.9 Å². The van der Waals surface area contributed by atoms with Crippen molar-refractivity contribution in [1.29, 1.82) is 0 Å². The molecule has 0 rings (SSSR count). The van der Waals surface area contributed by atoms with Crippen LogP contribution in [0, 0.1) is 0 Å². The maximum absolute atomic E-state index is 5.39. The van der Waals surface area contributed by atoms with Crippen LogP contribution in [0.3, 0.4) is 0 Å². The van der Waals surface area contributed by atoms with Gasteiger partial charge in [0.1, 0.15) is 0 Å². The van der Waals surface area contributed by atoms with Crippen LogP contribution >= 0.6 is 0 Å². The molecule has 0 saturated heterocycles. The van der Waals surface area contributed by atoms with Gasteiger partial charge < -0.3 is 8.85 Å². The second kappa shape index (κ2) is 6.53. The Morgan fingerprint density at radius 3 is 1.50 bits per heavy atom. The van der Waals surface area contributed by atoms with E-state index in [1.807, 2.05) is 13.8 Å². The Kier molecular flexibility index (Phi) is 8.76. The fourth-order valence-corrected chi connectivity index (χ4v) is 2.21. The predicted molar refractivity (Wildman–Crippen MR) is 40.7 cm³/mol. The number of hydrogen-bond acceptors (Lipinski definition) is 2. The van der Waals surface area contributed by atoms with E-state index in [4.69, 9.17) is 8.85 Å². The first-order chi connectivity index (χ1) is 4.12. The van der Waals surface area contributed by atoms with Gasteiger partial charge in [-0.1, -0.05) is 0 Å². The Hall–Kier alpha value is 0.825. The van der Waals surface area contributed by atoms with Crippen molar-refractivity contribution in [2.75, 3.05) is 13.2 Å². The molecule has 0 spiro atoms. The van der Waals surface area contributed by atoms with Crippen LogP contribution in [-0.2, 0) is 29.9 Å². The maximum Gasteiger partial charge on any atom is 0.331 e. The van der Waals surface area contributed by atoms with Crippen LogP contribution in [0.15, 0.2) is 0 Å². The minimum Gasteiger partial charge on any atom is -0.395 e. The molecule has 0 fully saturated rings. The molecule has 10 heavy (non-hydrogen) atoms. The van der Waals surface area contributed by atoms with Gasteiger partial charge in [0, 0.05) is 34.3 Å². The summed E-state index contributed by atoms with van der Waals surface area (Å²) in [6.45, 7) is 9.62. The van der Waals surface area contributed by atoms with Crippen molar-refractivity contribution in [2.24, 2.45) is 0 Å². The van der Waals surface area contributed by atoms with Gasteiger partial charge in [0.2, 0.25) is 0 Å². The van der Waals surface area contributed by atoms with Crippen molar-refractivity contribution in [3.63, 3.8) is 0 Å². The largest absolute Gasteiger partial charge is 0.395 e. The average Bonchev–Trinajstić information content (AvgIpc) is 1.64. The Labute approximate surface area is 78.8 Å². The van der Waals surface area contributed by atoms with Gasteiger partial charge in [-0.2, -0.15) is 0 Å². The number of hydrogen-bond donors (Lipinski definition) is 0. The summed E-state index contributed by atoms with van der Waals surface area (Å²) in [5.74, 6) is 0. The Bertz CT molecular complexity index is 70.1. The summed E-state index contributed by atoms with van der Waals surface area (Å²) < 4.78 is 10.8.